The van der Waals surface area contributed by atoms with Crippen molar-refractivity contribution < 1.29 is 14.3 Å². The van der Waals surface area contributed by atoms with E-state index in [1.165, 1.54) is 12.1 Å². The van der Waals surface area contributed by atoms with Gasteiger partial charge in [-0.25, -0.2) is 4.39 Å². The average Bonchev–Trinajstić information content (AvgIpc) is 2.15. The number of carbonyl (C=O) groups excluding carboxylic acids is 1. The van der Waals surface area contributed by atoms with Crippen molar-refractivity contribution in [3.63, 3.8) is 0 Å². The summed E-state index contributed by atoms with van der Waals surface area (Å²) >= 11 is 0. The number of nitrogens with two attached hydrogens (primary N) is 1. The van der Waals surface area contributed by atoms with Gasteiger partial charge in [0.2, 0.25) is 0 Å². The summed E-state index contributed by atoms with van der Waals surface area (Å²) in [4.78, 5) is 11.6. The summed E-state index contributed by atoms with van der Waals surface area (Å²) in [6.07, 6.45) is 0.714. The predicted molar refractivity (Wildman–Crippen MR) is 57.3 cm³/mol. The first-order chi connectivity index (χ1) is 7.56. The number of hydrogen-bond acceptors (Lipinski definition) is 3. The lowest BCUT2D eigenvalue weighted by Gasteiger charge is -2.31. The summed E-state index contributed by atoms with van der Waals surface area (Å²) in [6, 6.07) is 3.90. The van der Waals surface area contributed by atoms with Gasteiger partial charge < -0.3 is 16.2 Å². The van der Waals surface area contributed by atoms with Crippen molar-refractivity contribution in [2.24, 2.45) is 0 Å². The zero-order valence-electron chi connectivity index (χ0n) is 8.61. The van der Waals surface area contributed by atoms with E-state index in [4.69, 9.17) is 10.8 Å². The Kier molecular flexibility index (Phi) is 2.78. The molecule has 1 saturated carbocycles. The Labute approximate surface area is 92.3 Å². The Hall–Kier alpha value is -1.62. The van der Waals surface area contributed by atoms with Crippen molar-refractivity contribution in [1.29, 1.82) is 0 Å². The number of halogens is 1. The van der Waals surface area contributed by atoms with Crippen LogP contribution in [0.4, 0.5) is 10.1 Å². The highest BCUT2D eigenvalue weighted by Crippen LogP contribution is 2.20. The van der Waals surface area contributed by atoms with E-state index >= 15 is 0 Å². The van der Waals surface area contributed by atoms with Crippen LogP contribution in [0, 0.1) is 5.82 Å². The maximum atomic E-state index is 13.4. The Bertz CT molecular complexity index is 416. The molecule has 5 heteroatoms. The molecule has 0 heterocycles. The van der Waals surface area contributed by atoms with E-state index in [-0.39, 0.29) is 23.4 Å². The summed E-state index contributed by atoms with van der Waals surface area (Å²) in [6.45, 7) is 0. The van der Waals surface area contributed by atoms with Crippen LogP contribution in [-0.4, -0.2) is 23.2 Å². The van der Waals surface area contributed by atoms with Gasteiger partial charge in [0.1, 0.15) is 5.82 Å². The number of aliphatic hydroxyl groups is 1. The minimum Gasteiger partial charge on any atom is -0.399 e. The third-order valence-corrected chi connectivity index (χ3v) is 2.69. The molecule has 0 atom stereocenters. The first-order valence-electron chi connectivity index (χ1n) is 5.10. The molecule has 0 saturated heterocycles. The van der Waals surface area contributed by atoms with Gasteiger partial charge in [-0.3, -0.25) is 4.79 Å². The molecule has 1 aliphatic rings. The number of hydrogen-bond donors (Lipinski definition) is 3. The molecular formula is C11H13FN2O2. The van der Waals surface area contributed by atoms with Crippen LogP contribution in [0.15, 0.2) is 18.2 Å². The zero-order valence-corrected chi connectivity index (χ0v) is 8.61. The smallest absolute Gasteiger partial charge is 0.254 e. The molecule has 0 aliphatic heterocycles. The molecule has 1 amide bonds. The predicted octanol–water partition coefficient (Wildman–Crippen LogP) is 0.661. The quantitative estimate of drug-likeness (QED) is 0.646. The zero-order chi connectivity index (χ0) is 11.7. The van der Waals surface area contributed by atoms with Crippen molar-refractivity contribution in [2.45, 2.75) is 25.0 Å². The number of nitrogen functional groups attached to an aromatic ring is 1. The fourth-order valence-corrected chi connectivity index (χ4v) is 1.68. The van der Waals surface area contributed by atoms with Gasteiger partial charge in [-0.1, -0.05) is 0 Å². The van der Waals surface area contributed by atoms with E-state index in [9.17, 15) is 9.18 Å². The highest BCUT2D eigenvalue weighted by molar-refractivity contribution is 5.95. The van der Waals surface area contributed by atoms with Crippen LogP contribution in [0.3, 0.4) is 0 Å². The second kappa shape index (κ2) is 4.09. The normalized spacial score (nSPS) is 23.6. The van der Waals surface area contributed by atoms with Crippen LogP contribution in [0.5, 0.6) is 0 Å². The summed E-state index contributed by atoms with van der Waals surface area (Å²) < 4.78 is 13.4. The van der Waals surface area contributed by atoms with Crippen LogP contribution >= 0.6 is 0 Å². The number of amides is 1. The summed E-state index contributed by atoms with van der Waals surface area (Å²) in [7, 11) is 0. The molecule has 0 radical (unpaired) electrons. The van der Waals surface area contributed by atoms with Crippen molar-refractivity contribution in [3.8, 4) is 0 Å². The van der Waals surface area contributed by atoms with Crippen LogP contribution in [0.25, 0.3) is 0 Å². The monoisotopic (exact) mass is 224 g/mol. The number of nitrogens with one attached hydrogen (secondary N) is 1. The minimum absolute atomic E-state index is 0.0180. The van der Waals surface area contributed by atoms with Crippen molar-refractivity contribution in [1.82, 2.24) is 5.32 Å². The summed E-state index contributed by atoms with van der Waals surface area (Å²) in [5.74, 6) is -1.09. The molecule has 0 aromatic heterocycles. The van der Waals surface area contributed by atoms with Crippen LogP contribution in [0.2, 0.25) is 0 Å². The van der Waals surface area contributed by atoms with Crippen molar-refractivity contribution >= 4 is 11.6 Å². The highest BCUT2D eigenvalue weighted by Gasteiger charge is 2.29. The Morgan fingerprint density at radius 1 is 1.50 bits per heavy atom. The van der Waals surface area contributed by atoms with E-state index in [1.807, 2.05) is 0 Å². The average molecular weight is 224 g/mol. The topological polar surface area (TPSA) is 75.4 Å². The molecular weight excluding hydrogens is 211 g/mol. The molecule has 2 rings (SSSR count). The summed E-state index contributed by atoms with van der Waals surface area (Å²) in [5, 5.41) is 11.7. The number of carbonyl (C=O) groups is 1. The lowest BCUT2D eigenvalue weighted by atomic mass is 9.89. The fourth-order valence-electron chi connectivity index (χ4n) is 1.68. The van der Waals surface area contributed by atoms with Gasteiger partial charge in [0, 0.05) is 11.7 Å². The molecule has 0 unspecified atom stereocenters. The molecule has 4 nitrogen and oxygen atoms in total. The maximum Gasteiger partial charge on any atom is 0.254 e. The Morgan fingerprint density at radius 2 is 2.19 bits per heavy atom. The largest absolute Gasteiger partial charge is 0.399 e. The lowest BCUT2D eigenvalue weighted by Crippen LogP contribution is -2.46. The Morgan fingerprint density at radius 3 is 2.75 bits per heavy atom. The molecule has 1 fully saturated rings. The second-order valence-corrected chi connectivity index (χ2v) is 4.03. The molecule has 16 heavy (non-hydrogen) atoms. The SMILES string of the molecule is Nc1ccc(C(=O)NC2CC(O)C2)c(F)c1. The van der Waals surface area contributed by atoms with E-state index < -0.39 is 11.7 Å². The lowest BCUT2D eigenvalue weighted by molar-refractivity contribution is 0.0561. The van der Waals surface area contributed by atoms with Crippen LogP contribution in [0.1, 0.15) is 23.2 Å². The van der Waals surface area contributed by atoms with Crippen LogP contribution in [-0.2, 0) is 0 Å². The standard InChI is InChI=1S/C11H13FN2O2/c12-10-3-6(13)1-2-9(10)11(16)14-7-4-8(15)5-7/h1-3,7-8,15H,4-5,13H2,(H,14,16). The van der Waals surface area contributed by atoms with E-state index in [2.05, 4.69) is 5.32 Å². The van der Waals surface area contributed by atoms with Gasteiger partial charge in [0.25, 0.3) is 5.91 Å². The maximum absolute atomic E-state index is 13.4. The summed E-state index contributed by atoms with van der Waals surface area (Å²) in [5.41, 5.74) is 5.65. The van der Waals surface area contributed by atoms with Crippen LogP contribution < -0.4 is 11.1 Å². The van der Waals surface area contributed by atoms with Gasteiger partial charge in [0.05, 0.1) is 11.7 Å². The third-order valence-electron chi connectivity index (χ3n) is 2.69. The first-order valence-corrected chi connectivity index (χ1v) is 5.10. The third kappa shape index (κ3) is 2.14. The molecule has 1 aromatic rings. The highest BCUT2D eigenvalue weighted by atomic mass is 19.1. The molecule has 0 bridgehead atoms. The molecule has 0 spiro atoms. The second-order valence-electron chi connectivity index (χ2n) is 4.03. The fraction of sp³-hybridized carbons (Fsp3) is 0.364. The van der Waals surface area contributed by atoms with E-state index in [0.717, 1.165) is 6.07 Å². The number of anilines is 1. The van der Waals surface area contributed by atoms with E-state index in [1.54, 1.807) is 0 Å². The number of aliphatic hydroxyl groups excluding tert-OH is 1. The van der Waals surface area contributed by atoms with Gasteiger partial charge in [-0.2, -0.15) is 0 Å². The van der Waals surface area contributed by atoms with Crippen molar-refractivity contribution in [2.75, 3.05) is 5.73 Å². The number of rotatable bonds is 2. The van der Waals surface area contributed by atoms with Gasteiger partial charge >= 0.3 is 0 Å². The number of benzene rings is 1. The molecule has 1 aromatic carbocycles. The van der Waals surface area contributed by atoms with Crippen molar-refractivity contribution in [3.05, 3.63) is 29.6 Å². The van der Waals surface area contributed by atoms with Gasteiger partial charge in [0.15, 0.2) is 0 Å². The van der Waals surface area contributed by atoms with E-state index in [0.29, 0.717) is 12.8 Å². The molecule has 4 N–H and O–H groups in total. The van der Waals surface area contributed by atoms with Gasteiger partial charge in [-0.05, 0) is 31.0 Å². The minimum atomic E-state index is -0.627. The first kappa shape index (κ1) is 10.9. The molecule has 86 valence electrons. The van der Waals surface area contributed by atoms with Gasteiger partial charge in [-0.15, -0.1) is 0 Å². The Balaban J connectivity index is 2.03. The molecule has 1 aliphatic carbocycles.